The van der Waals surface area contributed by atoms with Crippen molar-refractivity contribution in [1.29, 1.82) is 0 Å². The van der Waals surface area contributed by atoms with Crippen molar-refractivity contribution < 1.29 is 5.11 Å². The Balaban J connectivity index is 2.64. The summed E-state index contributed by atoms with van der Waals surface area (Å²) in [7, 11) is 4.23. The average molecular weight is 288 g/mol. The molecule has 0 fully saturated rings. The van der Waals surface area contributed by atoms with Crippen LogP contribution in [0.15, 0.2) is 24.3 Å². The lowest BCUT2D eigenvalue weighted by atomic mass is 10.1. The Kier molecular flexibility index (Phi) is 8.07. The molecule has 21 heavy (non-hydrogen) atoms. The molecule has 0 saturated carbocycles. The Bertz CT molecular complexity index is 454. The van der Waals surface area contributed by atoms with Gasteiger partial charge in [0.05, 0.1) is 0 Å². The summed E-state index contributed by atoms with van der Waals surface area (Å²) in [6.07, 6.45) is 0. The number of benzene rings is 1. The summed E-state index contributed by atoms with van der Waals surface area (Å²) in [6, 6.07) is 8.31. The minimum absolute atomic E-state index is 0.0888. The van der Waals surface area contributed by atoms with Gasteiger partial charge in [0.1, 0.15) is 6.61 Å². The highest BCUT2D eigenvalue weighted by molar-refractivity contribution is 5.36. The maximum atomic E-state index is 8.70. The van der Waals surface area contributed by atoms with Crippen LogP contribution in [0.2, 0.25) is 0 Å². The van der Waals surface area contributed by atoms with Gasteiger partial charge < -0.3 is 10.0 Å². The number of nitrogens with zero attached hydrogens (tertiary/aromatic N) is 2. The fourth-order valence-electron chi connectivity index (χ4n) is 2.19. The van der Waals surface area contributed by atoms with Crippen LogP contribution in [0.4, 0.5) is 0 Å². The van der Waals surface area contributed by atoms with Gasteiger partial charge in [-0.3, -0.25) is 4.90 Å². The van der Waals surface area contributed by atoms with Crippen molar-refractivity contribution in [2.75, 3.05) is 40.3 Å². The predicted octanol–water partition coefficient (Wildman–Crippen LogP) is 2.05. The van der Waals surface area contributed by atoms with E-state index in [2.05, 4.69) is 61.7 Å². The highest BCUT2D eigenvalue weighted by atomic mass is 16.2. The fourth-order valence-corrected chi connectivity index (χ4v) is 2.19. The van der Waals surface area contributed by atoms with E-state index in [9.17, 15) is 0 Å². The van der Waals surface area contributed by atoms with Gasteiger partial charge in [0.2, 0.25) is 0 Å². The number of hydrogen-bond acceptors (Lipinski definition) is 3. The third kappa shape index (κ3) is 7.87. The molecule has 1 rings (SSSR count). The van der Waals surface area contributed by atoms with Gasteiger partial charge in [-0.25, -0.2) is 0 Å². The first-order valence-electron chi connectivity index (χ1n) is 7.57. The van der Waals surface area contributed by atoms with E-state index in [1.165, 1.54) is 5.56 Å². The third-order valence-corrected chi connectivity index (χ3v) is 3.16. The topological polar surface area (TPSA) is 26.7 Å². The molecule has 0 radical (unpaired) electrons. The van der Waals surface area contributed by atoms with E-state index in [4.69, 9.17) is 5.11 Å². The van der Waals surface area contributed by atoms with Gasteiger partial charge in [-0.05, 0) is 37.7 Å². The number of likely N-dealkylation sites (N-methyl/N-ethyl adjacent to an activating group) is 1. The Morgan fingerprint density at radius 1 is 1.10 bits per heavy atom. The van der Waals surface area contributed by atoms with Gasteiger partial charge in [0.15, 0.2) is 0 Å². The van der Waals surface area contributed by atoms with E-state index >= 15 is 0 Å². The quantitative estimate of drug-likeness (QED) is 0.778. The van der Waals surface area contributed by atoms with E-state index < -0.39 is 0 Å². The number of hydrogen-bond donors (Lipinski definition) is 1. The molecule has 0 spiro atoms. The summed E-state index contributed by atoms with van der Waals surface area (Å²) in [5.41, 5.74) is 2.26. The van der Waals surface area contributed by atoms with Gasteiger partial charge in [0, 0.05) is 31.7 Å². The van der Waals surface area contributed by atoms with Crippen LogP contribution in [0.5, 0.6) is 0 Å². The van der Waals surface area contributed by atoms with Crippen LogP contribution in [-0.4, -0.2) is 55.2 Å². The van der Waals surface area contributed by atoms with Crippen molar-refractivity contribution >= 4 is 0 Å². The Morgan fingerprint density at radius 2 is 1.76 bits per heavy atom. The third-order valence-electron chi connectivity index (χ3n) is 3.16. The summed E-state index contributed by atoms with van der Waals surface area (Å²) in [5, 5.41) is 8.70. The minimum atomic E-state index is -0.0888. The maximum Gasteiger partial charge on any atom is 0.104 e. The zero-order chi connectivity index (χ0) is 15.7. The molecule has 3 heteroatoms. The Labute approximate surface area is 129 Å². The molecule has 0 aliphatic heterocycles. The van der Waals surface area contributed by atoms with Crippen LogP contribution in [-0.2, 0) is 6.54 Å². The van der Waals surface area contributed by atoms with Crippen molar-refractivity contribution in [3.05, 3.63) is 35.4 Å². The monoisotopic (exact) mass is 288 g/mol. The summed E-state index contributed by atoms with van der Waals surface area (Å²) in [6.45, 7) is 8.67. The van der Waals surface area contributed by atoms with Gasteiger partial charge in [0.25, 0.3) is 0 Å². The fraction of sp³-hybridized carbons (Fsp3) is 0.556. The van der Waals surface area contributed by atoms with Gasteiger partial charge in [-0.1, -0.05) is 37.8 Å². The van der Waals surface area contributed by atoms with Crippen molar-refractivity contribution in [3.63, 3.8) is 0 Å². The first-order chi connectivity index (χ1) is 10.0. The first-order valence-corrected chi connectivity index (χ1v) is 7.57. The maximum absolute atomic E-state index is 8.70. The molecule has 0 atom stereocenters. The zero-order valence-electron chi connectivity index (χ0n) is 13.8. The standard InChI is InChI=1S/C18H28N2O/c1-16(2)14-20(12-11-19(3)4)15-18-9-7-17(8-10-18)6-5-13-21/h7-10,16,21H,11-15H2,1-4H3. The SMILES string of the molecule is CC(C)CN(CCN(C)C)Cc1ccc(C#CCO)cc1. The molecule has 0 aliphatic rings. The molecule has 116 valence electrons. The smallest absolute Gasteiger partial charge is 0.104 e. The zero-order valence-corrected chi connectivity index (χ0v) is 13.8. The van der Waals surface area contributed by atoms with Gasteiger partial charge >= 0.3 is 0 Å². The van der Waals surface area contributed by atoms with Crippen LogP contribution in [0.25, 0.3) is 0 Å². The Morgan fingerprint density at radius 3 is 2.29 bits per heavy atom. The lowest BCUT2D eigenvalue weighted by molar-refractivity contribution is 0.212. The van der Waals surface area contributed by atoms with Gasteiger partial charge in [-0.15, -0.1) is 0 Å². The minimum Gasteiger partial charge on any atom is -0.384 e. The van der Waals surface area contributed by atoms with Crippen molar-refractivity contribution in [3.8, 4) is 11.8 Å². The highest BCUT2D eigenvalue weighted by Crippen LogP contribution is 2.09. The van der Waals surface area contributed by atoms with Crippen LogP contribution < -0.4 is 0 Å². The second-order valence-corrected chi connectivity index (χ2v) is 6.09. The summed E-state index contributed by atoms with van der Waals surface area (Å²) < 4.78 is 0. The largest absolute Gasteiger partial charge is 0.384 e. The van der Waals surface area contributed by atoms with E-state index in [0.29, 0.717) is 5.92 Å². The van der Waals surface area contributed by atoms with E-state index in [1.807, 2.05) is 12.1 Å². The normalized spacial score (nSPS) is 11.0. The predicted molar refractivity (Wildman–Crippen MR) is 89.1 cm³/mol. The molecule has 1 N–H and O–H groups in total. The molecule has 0 bridgehead atoms. The molecule has 0 aromatic heterocycles. The molecule has 0 heterocycles. The second kappa shape index (κ2) is 9.57. The van der Waals surface area contributed by atoms with Crippen LogP contribution >= 0.6 is 0 Å². The van der Waals surface area contributed by atoms with Crippen LogP contribution in [0.1, 0.15) is 25.0 Å². The molecular formula is C18H28N2O. The average Bonchev–Trinajstić information content (AvgIpc) is 2.43. The number of rotatable bonds is 7. The Hall–Kier alpha value is -1.34. The lowest BCUT2D eigenvalue weighted by Gasteiger charge is -2.26. The molecule has 0 saturated heterocycles. The summed E-state index contributed by atoms with van der Waals surface area (Å²) in [5.74, 6) is 6.27. The van der Waals surface area contributed by atoms with Crippen LogP contribution in [0, 0.1) is 17.8 Å². The van der Waals surface area contributed by atoms with Gasteiger partial charge in [-0.2, -0.15) is 0 Å². The second-order valence-electron chi connectivity index (χ2n) is 6.09. The van der Waals surface area contributed by atoms with E-state index in [1.54, 1.807) is 0 Å². The molecule has 3 nitrogen and oxygen atoms in total. The lowest BCUT2D eigenvalue weighted by Crippen LogP contribution is -2.33. The van der Waals surface area contributed by atoms with E-state index in [-0.39, 0.29) is 6.61 Å². The van der Waals surface area contributed by atoms with Crippen LogP contribution in [0.3, 0.4) is 0 Å². The molecule has 1 aromatic carbocycles. The van der Waals surface area contributed by atoms with Crippen molar-refractivity contribution in [1.82, 2.24) is 9.80 Å². The number of aliphatic hydroxyl groups is 1. The van der Waals surface area contributed by atoms with E-state index in [0.717, 1.165) is 31.7 Å². The molecule has 0 amide bonds. The first kappa shape index (κ1) is 17.7. The highest BCUT2D eigenvalue weighted by Gasteiger charge is 2.08. The summed E-state index contributed by atoms with van der Waals surface area (Å²) >= 11 is 0. The molecule has 1 aromatic rings. The number of aliphatic hydroxyl groups excluding tert-OH is 1. The van der Waals surface area contributed by atoms with Crippen molar-refractivity contribution in [2.24, 2.45) is 5.92 Å². The van der Waals surface area contributed by atoms with Crippen molar-refractivity contribution in [2.45, 2.75) is 20.4 Å². The molecule has 0 unspecified atom stereocenters. The molecular weight excluding hydrogens is 260 g/mol. The summed E-state index contributed by atoms with van der Waals surface area (Å²) in [4.78, 5) is 4.72. The molecule has 0 aliphatic carbocycles.